The molecular formula is C55H103N7O10. The molecule has 0 spiro atoms. The van der Waals surface area contributed by atoms with E-state index in [1.54, 1.807) is 12.1 Å². The van der Waals surface area contributed by atoms with Crippen LogP contribution in [-0.4, -0.2) is 115 Å². The summed E-state index contributed by atoms with van der Waals surface area (Å²) in [5, 5.41) is 10.7. The van der Waals surface area contributed by atoms with Gasteiger partial charge < -0.3 is 35.5 Å². The molecule has 0 radical (unpaired) electrons. The third kappa shape index (κ3) is 28.5. The molecule has 7 atom stereocenters. The maximum absolute atomic E-state index is 12.6. The van der Waals surface area contributed by atoms with Gasteiger partial charge in [-0.2, -0.15) is 5.43 Å². The summed E-state index contributed by atoms with van der Waals surface area (Å²) in [6.07, 6.45) is 2.97. The van der Waals surface area contributed by atoms with Gasteiger partial charge in [-0.05, 0) is 96.4 Å². The molecule has 72 heavy (non-hydrogen) atoms. The fourth-order valence-corrected chi connectivity index (χ4v) is 6.72. The minimum Gasteiger partial charge on any atom is -0.508 e. The van der Waals surface area contributed by atoms with E-state index in [9.17, 15) is 29.1 Å². The van der Waals surface area contributed by atoms with Crippen LogP contribution >= 0.6 is 0 Å². The van der Waals surface area contributed by atoms with Gasteiger partial charge in [0.2, 0.25) is 0 Å². The lowest BCUT2D eigenvalue weighted by molar-refractivity contribution is -0.190. The Bertz CT molecular complexity index is 1780. The predicted octanol–water partition coefficient (Wildman–Crippen LogP) is 7.86. The number of nitrogens with zero attached hydrogens (tertiary/aromatic N) is 2. The van der Waals surface area contributed by atoms with Crippen LogP contribution in [-0.2, 0) is 49.3 Å². The molecule has 1 amide bonds. The molecular weight excluding hydrogens is 919 g/mol. The summed E-state index contributed by atoms with van der Waals surface area (Å²) in [4.78, 5) is 62.0. The monoisotopic (exact) mass is 1020 g/mol. The average molecular weight is 1020 g/mol. The van der Waals surface area contributed by atoms with Gasteiger partial charge in [-0.3, -0.25) is 29.1 Å². The van der Waals surface area contributed by atoms with Crippen molar-refractivity contribution < 1.29 is 48.0 Å². The SMILES string of the molecule is CC(C)[C@@H](N)C(=O)OCCC(C)(C)C.CC(C)[C@@H]1NNC(CC(C)(C)C)OC1=O.CC(C)[C@H]1C(=O)OC(CC(C)(C)C)NN1C(=O)[C@H](N)C(C)C.CN(C)[C@@H](Cc1ccc(O)cc1)C(=O)OCCC(C)(C)C. The summed E-state index contributed by atoms with van der Waals surface area (Å²) in [5.74, 6) is -0.721. The third-order valence-electron chi connectivity index (χ3n) is 11.6. The Morgan fingerprint density at radius 3 is 1.49 bits per heavy atom. The van der Waals surface area contributed by atoms with Crippen molar-refractivity contribution in [2.75, 3.05) is 27.3 Å². The van der Waals surface area contributed by atoms with Crippen LogP contribution in [0.4, 0.5) is 0 Å². The molecule has 17 heteroatoms. The van der Waals surface area contributed by atoms with Gasteiger partial charge in [0.15, 0.2) is 12.5 Å². The maximum atomic E-state index is 12.6. The number of nitrogens with two attached hydrogens (primary N) is 2. The van der Waals surface area contributed by atoms with Gasteiger partial charge >= 0.3 is 23.9 Å². The van der Waals surface area contributed by atoms with Crippen molar-refractivity contribution in [3.05, 3.63) is 29.8 Å². The van der Waals surface area contributed by atoms with E-state index >= 15 is 0 Å². The fraction of sp³-hybridized carbons (Fsp3) is 0.800. The van der Waals surface area contributed by atoms with Gasteiger partial charge in [-0.15, -0.1) is 0 Å². The molecule has 2 unspecified atom stereocenters. The molecule has 1 aromatic carbocycles. The number of amides is 1. The van der Waals surface area contributed by atoms with Gasteiger partial charge in [0.25, 0.3) is 5.91 Å². The number of hydrogen-bond acceptors (Lipinski definition) is 16. The first-order valence-electron chi connectivity index (χ1n) is 26.0. The summed E-state index contributed by atoms with van der Waals surface area (Å²) in [7, 11) is 3.74. The number of esters is 4. The van der Waals surface area contributed by atoms with Crippen molar-refractivity contribution in [1.82, 2.24) is 26.2 Å². The lowest BCUT2D eigenvalue weighted by Gasteiger charge is -2.43. The molecule has 3 rings (SSSR count). The standard InChI is InChI=1S/C17H27NO3.C16H31N3O3.C11H22N2O2.C11H23NO2/c1-17(2,3)10-11-21-16(20)15(18(4)5)12-13-6-8-14(19)9-7-13;1-9(2)12(17)14(20)19-13(10(3)4)15(21)22-11(18-19)8-16(5,6)7;1-7(2)9-10(14)15-8(12-13-9)6-11(3,4)5;1-8(2)9(12)10(13)14-7-6-11(3,4)5/h6-9,15,19H,10-12H2,1-5H3;9-13,18H,8,17H2,1-7H3;7-9,12-13H,6H2,1-5H3;8-9H,6-7,12H2,1-5H3/t15-;11?,12-,13+;8?,9-;9-/m0101/s1. The Morgan fingerprint density at radius 1 is 0.653 bits per heavy atom. The molecule has 0 aromatic heterocycles. The van der Waals surface area contributed by atoms with Crippen molar-refractivity contribution in [2.45, 2.75) is 213 Å². The number of nitrogens with one attached hydrogen (secondary N) is 3. The molecule has 8 N–H and O–H groups in total. The molecule has 0 bridgehead atoms. The molecule has 2 saturated heterocycles. The highest BCUT2D eigenvalue weighted by atomic mass is 16.6. The Morgan fingerprint density at radius 2 is 1.10 bits per heavy atom. The van der Waals surface area contributed by atoms with Crippen LogP contribution in [0.5, 0.6) is 5.75 Å². The van der Waals surface area contributed by atoms with Crippen LogP contribution in [0.3, 0.4) is 0 Å². The zero-order chi connectivity index (χ0) is 56.3. The van der Waals surface area contributed by atoms with Gasteiger partial charge in [-0.25, -0.2) is 15.6 Å². The predicted molar refractivity (Wildman–Crippen MR) is 286 cm³/mol. The Labute approximate surface area is 435 Å². The molecule has 17 nitrogen and oxygen atoms in total. The number of phenolic OH excluding ortho intramolecular Hbond substituents is 1. The third-order valence-corrected chi connectivity index (χ3v) is 11.6. The zero-order valence-electron chi connectivity index (χ0n) is 48.8. The summed E-state index contributed by atoms with van der Waals surface area (Å²) in [6.45, 7) is 41.5. The molecule has 1 aromatic rings. The highest BCUT2D eigenvalue weighted by Gasteiger charge is 2.43. The summed E-state index contributed by atoms with van der Waals surface area (Å²) < 4.78 is 21.3. The highest BCUT2D eigenvalue weighted by molar-refractivity contribution is 5.88. The number of likely N-dealkylation sites (N-methyl/N-ethyl adjacent to an activating group) is 1. The summed E-state index contributed by atoms with van der Waals surface area (Å²) in [5.41, 5.74) is 22.2. The van der Waals surface area contributed by atoms with Gasteiger partial charge in [0.1, 0.15) is 29.9 Å². The lowest BCUT2D eigenvalue weighted by atomic mass is 9.91. The first-order chi connectivity index (χ1) is 32.7. The normalized spacial score (nSPS) is 20.0. The van der Waals surface area contributed by atoms with Gasteiger partial charge in [0.05, 0.1) is 19.3 Å². The molecule has 0 saturated carbocycles. The van der Waals surface area contributed by atoms with Crippen LogP contribution in [0.2, 0.25) is 0 Å². The quantitative estimate of drug-likeness (QED) is 0.0683. The fourth-order valence-electron chi connectivity index (χ4n) is 6.72. The average Bonchev–Trinajstić information content (AvgIpc) is 3.20. The molecule has 2 aliphatic heterocycles. The summed E-state index contributed by atoms with van der Waals surface area (Å²) in [6, 6.07) is 4.59. The zero-order valence-corrected chi connectivity index (χ0v) is 48.8. The lowest BCUT2D eigenvalue weighted by Crippen LogP contribution is -2.67. The number of hydrogen-bond donors (Lipinski definition) is 6. The van der Waals surface area contributed by atoms with E-state index in [4.69, 9.17) is 30.4 Å². The number of ether oxygens (including phenoxy) is 4. The number of phenols is 1. The molecule has 418 valence electrons. The van der Waals surface area contributed by atoms with E-state index in [-0.39, 0.29) is 99.2 Å². The Kier molecular flexibility index (Phi) is 28.8. The smallest absolute Gasteiger partial charge is 0.332 e. The molecule has 2 aliphatic rings. The second kappa shape index (κ2) is 30.5. The second-order valence-corrected chi connectivity index (χ2v) is 25.8. The van der Waals surface area contributed by atoms with Crippen molar-refractivity contribution in [2.24, 2.45) is 56.8 Å². The van der Waals surface area contributed by atoms with Crippen LogP contribution in [0.1, 0.15) is 170 Å². The van der Waals surface area contributed by atoms with Crippen LogP contribution < -0.4 is 27.7 Å². The van der Waals surface area contributed by atoms with E-state index in [2.05, 4.69) is 99.4 Å². The summed E-state index contributed by atoms with van der Waals surface area (Å²) >= 11 is 0. The number of cyclic esters (lactones) is 2. The first-order valence-corrected chi connectivity index (χ1v) is 26.0. The number of hydrazine groups is 2. The van der Waals surface area contributed by atoms with E-state index in [1.165, 1.54) is 5.01 Å². The number of benzene rings is 1. The van der Waals surface area contributed by atoms with Gasteiger partial charge in [-0.1, -0.05) is 151 Å². The van der Waals surface area contributed by atoms with Crippen LogP contribution in [0.25, 0.3) is 0 Å². The Hall–Kier alpha value is -3.87. The number of carbonyl (C=O) groups is 5. The first kappa shape index (κ1) is 68.1. The van der Waals surface area contributed by atoms with E-state index in [1.807, 2.05) is 86.5 Å². The molecule has 0 aliphatic carbocycles. The van der Waals surface area contributed by atoms with E-state index < -0.39 is 24.4 Å². The topological polar surface area (TPSA) is 237 Å². The Balaban J connectivity index is 0.000000951. The van der Waals surface area contributed by atoms with Crippen LogP contribution in [0, 0.1) is 45.3 Å². The minimum atomic E-state index is -0.645. The second-order valence-electron chi connectivity index (χ2n) is 25.8. The minimum absolute atomic E-state index is 0.00104. The number of rotatable bonds is 16. The van der Waals surface area contributed by atoms with E-state index in [0.717, 1.165) is 24.8 Å². The van der Waals surface area contributed by atoms with Crippen molar-refractivity contribution in [1.29, 1.82) is 0 Å². The molecule has 2 fully saturated rings. The number of carbonyl (C=O) groups excluding carboxylic acids is 5. The van der Waals surface area contributed by atoms with Crippen molar-refractivity contribution in [3.63, 3.8) is 0 Å². The van der Waals surface area contributed by atoms with Gasteiger partial charge in [0, 0.05) is 12.8 Å². The van der Waals surface area contributed by atoms with Crippen molar-refractivity contribution >= 4 is 29.8 Å². The highest BCUT2D eigenvalue weighted by Crippen LogP contribution is 2.27. The van der Waals surface area contributed by atoms with Crippen LogP contribution in [0.15, 0.2) is 24.3 Å². The maximum Gasteiger partial charge on any atom is 0.332 e. The largest absolute Gasteiger partial charge is 0.508 e. The van der Waals surface area contributed by atoms with Crippen molar-refractivity contribution in [3.8, 4) is 5.75 Å². The number of aromatic hydroxyl groups is 1. The molecule has 2 heterocycles. The van der Waals surface area contributed by atoms with E-state index in [0.29, 0.717) is 26.1 Å².